The molecule has 3 N–H and O–H groups in total. The molecule has 0 saturated heterocycles. The lowest BCUT2D eigenvalue weighted by atomic mass is 9.74. The van der Waals surface area contributed by atoms with Crippen molar-refractivity contribution in [2.45, 2.75) is 51.9 Å². The van der Waals surface area contributed by atoms with Crippen molar-refractivity contribution in [3.05, 3.63) is 35.4 Å². The van der Waals surface area contributed by atoms with Crippen LogP contribution in [0, 0.1) is 12.3 Å². The molecule has 1 fully saturated rings. The summed E-state index contributed by atoms with van der Waals surface area (Å²) in [5.41, 5.74) is 8.58. The molecule has 0 atom stereocenters. The molecule has 0 bridgehead atoms. The molecule has 0 spiro atoms. The van der Waals surface area contributed by atoms with Crippen LogP contribution in [0.5, 0.6) is 0 Å². The molecule has 1 saturated carbocycles. The first-order chi connectivity index (χ1) is 10.1. The SMILES string of the molecule is Cc1ccc(CCC(=O)NCC2(CN)CCCCC2)cc1. The van der Waals surface area contributed by atoms with E-state index in [0.717, 1.165) is 25.8 Å². The minimum atomic E-state index is 0.147. The van der Waals surface area contributed by atoms with Crippen LogP contribution in [0.25, 0.3) is 0 Å². The normalized spacial score (nSPS) is 17.4. The van der Waals surface area contributed by atoms with E-state index in [-0.39, 0.29) is 11.3 Å². The Morgan fingerprint density at radius 2 is 1.86 bits per heavy atom. The lowest BCUT2D eigenvalue weighted by molar-refractivity contribution is -0.121. The van der Waals surface area contributed by atoms with Crippen LogP contribution < -0.4 is 11.1 Å². The van der Waals surface area contributed by atoms with Crippen LogP contribution in [0.2, 0.25) is 0 Å². The van der Waals surface area contributed by atoms with Crippen molar-refractivity contribution in [3.8, 4) is 0 Å². The first kappa shape index (κ1) is 16.0. The summed E-state index contributed by atoms with van der Waals surface area (Å²) in [6.07, 6.45) is 7.48. The van der Waals surface area contributed by atoms with Crippen molar-refractivity contribution in [2.75, 3.05) is 13.1 Å². The Hall–Kier alpha value is -1.35. The molecule has 0 unspecified atom stereocenters. The van der Waals surface area contributed by atoms with Gasteiger partial charge in [-0.1, -0.05) is 49.1 Å². The summed E-state index contributed by atoms with van der Waals surface area (Å²) in [6, 6.07) is 8.40. The molecule has 1 aromatic carbocycles. The minimum absolute atomic E-state index is 0.147. The van der Waals surface area contributed by atoms with Crippen molar-refractivity contribution >= 4 is 5.91 Å². The highest BCUT2D eigenvalue weighted by atomic mass is 16.1. The smallest absolute Gasteiger partial charge is 0.220 e. The summed E-state index contributed by atoms with van der Waals surface area (Å²) in [6.45, 7) is 3.51. The zero-order valence-corrected chi connectivity index (χ0v) is 13.2. The van der Waals surface area contributed by atoms with Gasteiger partial charge in [0, 0.05) is 13.0 Å². The Labute approximate surface area is 128 Å². The average molecular weight is 288 g/mol. The van der Waals surface area contributed by atoms with Crippen LogP contribution in [0.15, 0.2) is 24.3 Å². The number of nitrogens with two attached hydrogens (primary N) is 1. The van der Waals surface area contributed by atoms with Gasteiger partial charge in [-0.25, -0.2) is 0 Å². The molecule has 116 valence electrons. The number of hydrogen-bond acceptors (Lipinski definition) is 2. The Balaban J connectivity index is 1.75. The van der Waals surface area contributed by atoms with Gasteiger partial charge in [-0.15, -0.1) is 0 Å². The fourth-order valence-corrected chi connectivity index (χ4v) is 3.14. The second-order valence-corrected chi connectivity index (χ2v) is 6.53. The van der Waals surface area contributed by atoms with E-state index in [2.05, 4.69) is 36.5 Å². The average Bonchev–Trinajstić information content (AvgIpc) is 2.53. The third-order valence-corrected chi connectivity index (χ3v) is 4.77. The fourth-order valence-electron chi connectivity index (χ4n) is 3.14. The van der Waals surface area contributed by atoms with Gasteiger partial charge in [0.15, 0.2) is 0 Å². The number of amides is 1. The summed E-state index contributed by atoms with van der Waals surface area (Å²) >= 11 is 0. The predicted octanol–water partition coefficient (Wildman–Crippen LogP) is 2.95. The maximum atomic E-state index is 12.0. The maximum Gasteiger partial charge on any atom is 0.220 e. The van der Waals surface area contributed by atoms with E-state index in [1.165, 1.54) is 30.4 Å². The van der Waals surface area contributed by atoms with E-state index in [9.17, 15) is 4.79 Å². The molecule has 1 amide bonds. The Morgan fingerprint density at radius 3 is 2.48 bits per heavy atom. The number of hydrogen-bond donors (Lipinski definition) is 2. The second-order valence-electron chi connectivity index (χ2n) is 6.53. The van der Waals surface area contributed by atoms with E-state index in [1.807, 2.05) is 0 Å². The first-order valence-electron chi connectivity index (χ1n) is 8.16. The molecule has 1 aromatic rings. The van der Waals surface area contributed by atoms with Gasteiger partial charge in [0.05, 0.1) is 0 Å². The lowest BCUT2D eigenvalue weighted by Crippen LogP contribution is -2.43. The molecule has 3 heteroatoms. The minimum Gasteiger partial charge on any atom is -0.355 e. The van der Waals surface area contributed by atoms with E-state index in [4.69, 9.17) is 5.73 Å². The predicted molar refractivity (Wildman–Crippen MR) is 87.1 cm³/mol. The monoisotopic (exact) mass is 288 g/mol. The highest BCUT2D eigenvalue weighted by Crippen LogP contribution is 2.34. The summed E-state index contributed by atoms with van der Waals surface area (Å²) < 4.78 is 0. The number of nitrogens with one attached hydrogen (secondary N) is 1. The van der Waals surface area contributed by atoms with Crippen LogP contribution in [0.1, 0.15) is 49.7 Å². The summed E-state index contributed by atoms with van der Waals surface area (Å²) in [5.74, 6) is 0.147. The van der Waals surface area contributed by atoms with Crippen molar-refractivity contribution in [3.63, 3.8) is 0 Å². The number of aryl methyl sites for hydroxylation is 2. The highest BCUT2D eigenvalue weighted by Gasteiger charge is 2.30. The van der Waals surface area contributed by atoms with E-state index in [1.54, 1.807) is 0 Å². The van der Waals surface area contributed by atoms with Crippen molar-refractivity contribution in [1.82, 2.24) is 5.32 Å². The molecule has 1 aliphatic rings. The van der Waals surface area contributed by atoms with Gasteiger partial charge in [-0.2, -0.15) is 0 Å². The van der Waals surface area contributed by atoms with Crippen LogP contribution in [-0.4, -0.2) is 19.0 Å². The Morgan fingerprint density at radius 1 is 1.19 bits per heavy atom. The molecule has 0 aliphatic heterocycles. The Kier molecular flexibility index (Phi) is 5.80. The third-order valence-electron chi connectivity index (χ3n) is 4.77. The number of benzene rings is 1. The number of rotatable bonds is 6. The van der Waals surface area contributed by atoms with Gasteiger partial charge < -0.3 is 11.1 Å². The van der Waals surface area contributed by atoms with Gasteiger partial charge in [0.2, 0.25) is 5.91 Å². The standard InChI is InChI=1S/C18H28N2O/c1-15-5-7-16(8-6-15)9-10-17(21)20-14-18(13-19)11-3-2-4-12-18/h5-8H,2-4,9-14,19H2,1H3,(H,20,21). The highest BCUT2D eigenvalue weighted by molar-refractivity contribution is 5.76. The molecular weight excluding hydrogens is 260 g/mol. The number of carbonyl (C=O) groups is 1. The van der Waals surface area contributed by atoms with Crippen LogP contribution in [-0.2, 0) is 11.2 Å². The first-order valence-corrected chi connectivity index (χ1v) is 8.16. The molecule has 0 heterocycles. The third kappa shape index (κ3) is 4.85. The van der Waals surface area contributed by atoms with Gasteiger partial charge >= 0.3 is 0 Å². The molecule has 2 rings (SSSR count). The molecule has 0 aromatic heterocycles. The van der Waals surface area contributed by atoms with E-state index in [0.29, 0.717) is 13.0 Å². The fraction of sp³-hybridized carbons (Fsp3) is 0.611. The summed E-state index contributed by atoms with van der Waals surface area (Å²) in [7, 11) is 0. The Bertz CT molecular complexity index is 447. The van der Waals surface area contributed by atoms with Crippen LogP contribution in [0.3, 0.4) is 0 Å². The van der Waals surface area contributed by atoms with Crippen LogP contribution in [0.4, 0.5) is 0 Å². The lowest BCUT2D eigenvalue weighted by Gasteiger charge is -2.36. The van der Waals surface area contributed by atoms with Crippen molar-refractivity contribution in [2.24, 2.45) is 11.1 Å². The molecule has 1 aliphatic carbocycles. The van der Waals surface area contributed by atoms with Gasteiger partial charge in [-0.3, -0.25) is 4.79 Å². The van der Waals surface area contributed by atoms with Crippen molar-refractivity contribution in [1.29, 1.82) is 0 Å². The van der Waals surface area contributed by atoms with Gasteiger partial charge in [-0.05, 0) is 43.7 Å². The maximum absolute atomic E-state index is 12.0. The summed E-state index contributed by atoms with van der Waals surface area (Å²) in [4.78, 5) is 12.0. The van der Waals surface area contributed by atoms with Gasteiger partial charge in [0.25, 0.3) is 0 Å². The number of carbonyl (C=O) groups excluding carboxylic acids is 1. The van der Waals surface area contributed by atoms with Crippen LogP contribution >= 0.6 is 0 Å². The zero-order chi connectivity index (χ0) is 15.1. The molecular formula is C18H28N2O. The molecule has 3 nitrogen and oxygen atoms in total. The van der Waals surface area contributed by atoms with E-state index >= 15 is 0 Å². The summed E-state index contributed by atoms with van der Waals surface area (Å²) in [5, 5.41) is 3.11. The van der Waals surface area contributed by atoms with Gasteiger partial charge in [0.1, 0.15) is 0 Å². The topological polar surface area (TPSA) is 55.1 Å². The largest absolute Gasteiger partial charge is 0.355 e. The van der Waals surface area contributed by atoms with E-state index < -0.39 is 0 Å². The zero-order valence-electron chi connectivity index (χ0n) is 13.2. The second kappa shape index (κ2) is 7.60. The quantitative estimate of drug-likeness (QED) is 0.845. The molecule has 0 radical (unpaired) electrons. The molecule has 21 heavy (non-hydrogen) atoms. The van der Waals surface area contributed by atoms with Crippen molar-refractivity contribution < 1.29 is 4.79 Å².